The summed E-state index contributed by atoms with van der Waals surface area (Å²) >= 11 is 0. The summed E-state index contributed by atoms with van der Waals surface area (Å²) in [6.45, 7) is 1.73. The third-order valence-corrected chi connectivity index (χ3v) is 4.46. The molecular weight excluding hydrogens is 482 g/mol. The van der Waals surface area contributed by atoms with Gasteiger partial charge in [0, 0.05) is 18.6 Å². The predicted molar refractivity (Wildman–Crippen MR) is 109 cm³/mol. The summed E-state index contributed by atoms with van der Waals surface area (Å²) in [5.74, 6) is -0.871. The summed E-state index contributed by atoms with van der Waals surface area (Å²) in [7, 11) is 0. The van der Waals surface area contributed by atoms with Crippen LogP contribution in [-0.2, 0) is 12.4 Å². The molecule has 35 heavy (non-hydrogen) atoms. The minimum atomic E-state index is -4.72. The van der Waals surface area contributed by atoms with E-state index in [1.807, 2.05) is 0 Å². The van der Waals surface area contributed by atoms with Gasteiger partial charge in [0.25, 0.3) is 0 Å². The third kappa shape index (κ3) is 5.17. The molecule has 4 aromatic rings. The average molecular weight is 496 g/mol. The zero-order valence-corrected chi connectivity index (χ0v) is 17.7. The molecule has 9 nitrogen and oxygen atoms in total. The lowest BCUT2D eigenvalue weighted by atomic mass is 10.2. The Labute approximate surface area is 192 Å². The molecule has 0 aliphatic heterocycles. The first-order valence-corrected chi connectivity index (χ1v) is 9.91. The molecule has 0 bridgehead atoms. The van der Waals surface area contributed by atoms with Crippen LogP contribution in [0.5, 0.6) is 5.88 Å². The fourth-order valence-corrected chi connectivity index (χ4v) is 2.93. The standard InChI is InChI=1S/C20H14F6N8O/c1-2-5-35-17-11(20(24,25)26)7-30-18(34-17)33-12-3-4-28-16-15(12)29-8-13(32-16)14-10(19(21,22)23)6-27-9-31-14/h3-4,6-9H,2,5H2,1H3,(H,28,30,32,33,34). The van der Waals surface area contributed by atoms with Gasteiger partial charge >= 0.3 is 12.4 Å². The van der Waals surface area contributed by atoms with Crippen molar-refractivity contribution in [2.24, 2.45) is 0 Å². The van der Waals surface area contributed by atoms with Crippen molar-refractivity contribution in [2.75, 3.05) is 11.9 Å². The van der Waals surface area contributed by atoms with Crippen molar-refractivity contribution in [3.8, 4) is 17.3 Å². The molecule has 0 amide bonds. The van der Waals surface area contributed by atoms with Gasteiger partial charge in [-0.1, -0.05) is 6.92 Å². The highest BCUT2D eigenvalue weighted by Gasteiger charge is 2.37. The summed E-state index contributed by atoms with van der Waals surface area (Å²) in [6.07, 6.45) is -4.48. The molecule has 15 heteroatoms. The molecule has 0 aliphatic carbocycles. The van der Waals surface area contributed by atoms with E-state index in [1.165, 1.54) is 12.3 Å². The third-order valence-electron chi connectivity index (χ3n) is 4.46. The molecule has 0 unspecified atom stereocenters. The largest absolute Gasteiger partial charge is 0.477 e. The Kier molecular flexibility index (Phi) is 6.32. The van der Waals surface area contributed by atoms with Crippen LogP contribution in [0.1, 0.15) is 24.5 Å². The number of aromatic nitrogens is 7. The molecule has 4 heterocycles. The van der Waals surface area contributed by atoms with Gasteiger partial charge in [-0.25, -0.2) is 29.9 Å². The Morgan fingerprint density at radius 1 is 0.886 bits per heavy atom. The monoisotopic (exact) mass is 496 g/mol. The summed E-state index contributed by atoms with van der Waals surface area (Å²) in [5, 5.41) is 2.72. The van der Waals surface area contributed by atoms with Gasteiger partial charge in [0.2, 0.25) is 11.8 Å². The lowest BCUT2D eigenvalue weighted by Crippen LogP contribution is -2.13. The number of ether oxygens (including phenoxy) is 1. The summed E-state index contributed by atoms with van der Waals surface area (Å²) < 4.78 is 84.8. The van der Waals surface area contributed by atoms with Crippen LogP contribution in [0.25, 0.3) is 22.6 Å². The molecule has 1 N–H and O–H groups in total. The van der Waals surface area contributed by atoms with E-state index in [-0.39, 0.29) is 35.1 Å². The highest BCUT2D eigenvalue weighted by atomic mass is 19.4. The van der Waals surface area contributed by atoms with Crippen LogP contribution in [-0.4, -0.2) is 41.5 Å². The number of hydrogen-bond acceptors (Lipinski definition) is 9. The molecule has 4 rings (SSSR count). The normalized spacial score (nSPS) is 12.1. The van der Waals surface area contributed by atoms with E-state index in [0.717, 1.165) is 12.5 Å². The number of alkyl halides is 6. The zero-order chi connectivity index (χ0) is 25.2. The summed E-state index contributed by atoms with van der Waals surface area (Å²) in [6, 6.07) is 1.43. The molecule has 0 radical (unpaired) electrons. The molecule has 0 spiro atoms. The van der Waals surface area contributed by atoms with E-state index < -0.39 is 35.1 Å². The maximum Gasteiger partial charge on any atom is 0.423 e. The van der Waals surface area contributed by atoms with E-state index in [9.17, 15) is 26.3 Å². The van der Waals surface area contributed by atoms with E-state index in [2.05, 4.69) is 40.2 Å². The number of halogens is 6. The van der Waals surface area contributed by atoms with Crippen LogP contribution in [0.15, 0.2) is 37.2 Å². The minimum Gasteiger partial charge on any atom is -0.477 e. The number of hydrogen-bond donors (Lipinski definition) is 1. The van der Waals surface area contributed by atoms with Crippen LogP contribution < -0.4 is 10.1 Å². The van der Waals surface area contributed by atoms with Crippen molar-refractivity contribution in [1.82, 2.24) is 34.9 Å². The van der Waals surface area contributed by atoms with Crippen molar-refractivity contribution in [3.05, 3.63) is 48.3 Å². The van der Waals surface area contributed by atoms with Crippen LogP contribution in [0.3, 0.4) is 0 Å². The number of nitrogens with one attached hydrogen (secondary N) is 1. The van der Waals surface area contributed by atoms with Gasteiger partial charge < -0.3 is 10.1 Å². The minimum absolute atomic E-state index is 0.00886. The molecule has 0 fully saturated rings. The van der Waals surface area contributed by atoms with Crippen molar-refractivity contribution in [3.63, 3.8) is 0 Å². The quantitative estimate of drug-likeness (QED) is 0.375. The van der Waals surface area contributed by atoms with Crippen molar-refractivity contribution >= 4 is 22.8 Å². The van der Waals surface area contributed by atoms with Crippen molar-refractivity contribution in [2.45, 2.75) is 25.7 Å². The SMILES string of the molecule is CCCOc1nc(Nc2ccnc3nc(-c4ncncc4C(F)(F)F)cnc23)ncc1C(F)(F)F. The second-order valence-corrected chi connectivity index (χ2v) is 6.95. The maximum absolute atomic E-state index is 13.3. The Morgan fingerprint density at radius 2 is 1.66 bits per heavy atom. The maximum atomic E-state index is 13.3. The lowest BCUT2D eigenvalue weighted by molar-refractivity contribution is -0.139. The van der Waals surface area contributed by atoms with E-state index >= 15 is 0 Å². The predicted octanol–water partition coefficient (Wildman–Crippen LogP) is 4.84. The fraction of sp³-hybridized carbons (Fsp3) is 0.250. The van der Waals surface area contributed by atoms with Crippen molar-refractivity contribution in [1.29, 1.82) is 0 Å². The Morgan fingerprint density at radius 3 is 2.37 bits per heavy atom. The number of fused-ring (bicyclic) bond motifs is 1. The topological polar surface area (TPSA) is 111 Å². The molecule has 4 aromatic heterocycles. The van der Waals surface area contributed by atoms with Crippen molar-refractivity contribution < 1.29 is 31.1 Å². The van der Waals surface area contributed by atoms with Crippen LogP contribution in [0, 0.1) is 0 Å². The first kappa shape index (κ1) is 24.0. The lowest BCUT2D eigenvalue weighted by Gasteiger charge is -2.14. The Bertz CT molecular complexity index is 1360. The molecule has 0 saturated carbocycles. The first-order valence-electron chi connectivity index (χ1n) is 9.91. The van der Waals surface area contributed by atoms with Gasteiger partial charge in [0.05, 0.1) is 18.5 Å². The molecule has 0 aliphatic rings. The highest BCUT2D eigenvalue weighted by Crippen LogP contribution is 2.36. The Balaban J connectivity index is 1.71. The summed E-state index contributed by atoms with van der Waals surface area (Å²) in [4.78, 5) is 26.8. The van der Waals surface area contributed by atoms with Gasteiger partial charge in [-0.3, -0.25) is 0 Å². The Hall–Kier alpha value is -4.17. The molecule has 0 aromatic carbocycles. The van der Waals surface area contributed by atoms with Crippen LogP contribution >= 0.6 is 0 Å². The average Bonchev–Trinajstić information content (AvgIpc) is 2.81. The second kappa shape index (κ2) is 9.23. The van der Waals surface area contributed by atoms with E-state index in [0.29, 0.717) is 18.8 Å². The number of nitrogens with zero attached hydrogens (tertiary/aromatic N) is 7. The van der Waals surface area contributed by atoms with Gasteiger partial charge in [0.15, 0.2) is 5.65 Å². The second-order valence-electron chi connectivity index (χ2n) is 6.95. The molecular formula is C20H14F6N8O. The van der Waals surface area contributed by atoms with Gasteiger partial charge in [-0.05, 0) is 12.5 Å². The highest BCUT2D eigenvalue weighted by molar-refractivity contribution is 5.87. The van der Waals surface area contributed by atoms with Gasteiger partial charge in [-0.15, -0.1) is 0 Å². The van der Waals surface area contributed by atoms with E-state index in [4.69, 9.17) is 4.74 Å². The number of pyridine rings is 1. The fourth-order valence-electron chi connectivity index (χ4n) is 2.93. The van der Waals surface area contributed by atoms with E-state index in [1.54, 1.807) is 6.92 Å². The molecule has 182 valence electrons. The number of rotatable bonds is 6. The van der Waals surface area contributed by atoms with Gasteiger partial charge in [0.1, 0.15) is 34.4 Å². The zero-order valence-electron chi connectivity index (χ0n) is 17.7. The van der Waals surface area contributed by atoms with Gasteiger partial charge in [-0.2, -0.15) is 31.3 Å². The van der Waals surface area contributed by atoms with Crippen LogP contribution in [0.4, 0.5) is 38.0 Å². The molecule has 0 saturated heterocycles. The number of anilines is 2. The molecule has 0 atom stereocenters. The first-order chi connectivity index (χ1) is 16.6. The smallest absolute Gasteiger partial charge is 0.423 e. The summed E-state index contributed by atoms with van der Waals surface area (Å²) in [5.41, 5.74) is -2.64. The van der Waals surface area contributed by atoms with Crippen LogP contribution in [0.2, 0.25) is 0 Å².